The normalized spacial score (nSPS) is 13.9. The first-order valence-electron chi connectivity index (χ1n) is 10.3. The average molecular weight is 411 g/mol. The van der Waals surface area contributed by atoms with Crippen molar-refractivity contribution in [2.75, 3.05) is 62.0 Å². The van der Waals surface area contributed by atoms with Gasteiger partial charge in [0.25, 0.3) is 0 Å². The summed E-state index contributed by atoms with van der Waals surface area (Å²) in [6.07, 6.45) is 0.846. The molecule has 0 aromatic heterocycles. The molecule has 0 bridgehead atoms. The molecule has 0 spiro atoms. The molecule has 0 saturated carbocycles. The lowest BCUT2D eigenvalue weighted by Crippen LogP contribution is -2.36. The Labute approximate surface area is 178 Å². The highest BCUT2D eigenvalue weighted by atomic mass is 16.5. The molecule has 0 radical (unpaired) electrons. The SMILES string of the molecule is CCc1ccccc1NC(=O)CN(C)CC(=O)Nc1ccc(N2CCOCC2)cc1. The van der Waals surface area contributed by atoms with E-state index in [0.29, 0.717) is 0 Å². The molecule has 3 rings (SSSR count). The zero-order valence-corrected chi connectivity index (χ0v) is 17.7. The van der Waals surface area contributed by atoms with Gasteiger partial charge >= 0.3 is 0 Å². The van der Waals surface area contributed by atoms with E-state index in [0.717, 1.165) is 55.3 Å². The number of ether oxygens (including phenoxy) is 1. The van der Waals surface area contributed by atoms with Crippen LogP contribution in [-0.4, -0.2) is 63.2 Å². The monoisotopic (exact) mass is 410 g/mol. The quantitative estimate of drug-likeness (QED) is 0.700. The first kappa shape index (κ1) is 21.8. The molecule has 1 saturated heterocycles. The van der Waals surface area contributed by atoms with Gasteiger partial charge in [-0.25, -0.2) is 0 Å². The molecule has 1 aliphatic heterocycles. The highest BCUT2D eigenvalue weighted by molar-refractivity contribution is 5.95. The number of aryl methyl sites for hydroxylation is 1. The van der Waals surface area contributed by atoms with Gasteiger partial charge in [0, 0.05) is 30.2 Å². The predicted octanol–water partition coefficient (Wildman–Crippen LogP) is 2.59. The second kappa shape index (κ2) is 10.8. The van der Waals surface area contributed by atoms with Crippen LogP contribution in [0.5, 0.6) is 0 Å². The van der Waals surface area contributed by atoms with Crippen LogP contribution in [0.25, 0.3) is 0 Å². The fraction of sp³-hybridized carbons (Fsp3) is 0.391. The maximum Gasteiger partial charge on any atom is 0.238 e. The second-order valence-electron chi connectivity index (χ2n) is 7.43. The largest absolute Gasteiger partial charge is 0.378 e. The van der Waals surface area contributed by atoms with Crippen LogP contribution in [0, 0.1) is 0 Å². The fourth-order valence-electron chi connectivity index (χ4n) is 3.46. The Morgan fingerprint density at radius 1 is 0.967 bits per heavy atom. The number of morpholine rings is 1. The van der Waals surface area contributed by atoms with E-state index in [1.165, 1.54) is 0 Å². The lowest BCUT2D eigenvalue weighted by atomic mass is 10.1. The van der Waals surface area contributed by atoms with Crippen molar-refractivity contribution in [1.29, 1.82) is 0 Å². The van der Waals surface area contributed by atoms with E-state index in [1.54, 1.807) is 11.9 Å². The molecule has 0 atom stereocenters. The molecule has 2 aromatic carbocycles. The molecule has 2 N–H and O–H groups in total. The van der Waals surface area contributed by atoms with Crippen molar-refractivity contribution >= 4 is 28.9 Å². The molecular formula is C23H30N4O3. The minimum Gasteiger partial charge on any atom is -0.378 e. The first-order chi connectivity index (χ1) is 14.5. The molecule has 0 aliphatic carbocycles. The van der Waals surface area contributed by atoms with E-state index in [1.807, 2.05) is 48.5 Å². The number of rotatable bonds is 8. The van der Waals surface area contributed by atoms with E-state index < -0.39 is 0 Å². The summed E-state index contributed by atoms with van der Waals surface area (Å²) in [5.74, 6) is -0.292. The summed E-state index contributed by atoms with van der Waals surface area (Å²) in [4.78, 5) is 28.6. The molecule has 30 heavy (non-hydrogen) atoms. The number of amides is 2. The van der Waals surface area contributed by atoms with Crippen LogP contribution < -0.4 is 15.5 Å². The van der Waals surface area contributed by atoms with E-state index in [4.69, 9.17) is 4.74 Å². The Hall–Kier alpha value is -2.90. The third kappa shape index (κ3) is 6.30. The maximum absolute atomic E-state index is 12.3. The van der Waals surface area contributed by atoms with E-state index >= 15 is 0 Å². The topological polar surface area (TPSA) is 73.9 Å². The molecule has 2 aromatic rings. The highest BCUT2D eigenvalue weighted by Crippen LogP contribution is 2.19. The molecule has 7 heteroatoms. The summed E-state index contributed by atoms with van der Waals surface area (Å²) in [5, 5.41) is 5.82. The number of hydrogen-bond donors (Lipinski definition) is 2. The molecule has 2 amide bonds. The van der Waals surface area contributed by atoms with E-state index in [9.17, 15) is 9.59 Å². The van der Waals surface area contributed by atoms with Gasteiger partial charge in [0.05, 0.1) is 26.3 Å². The Kier molecular flexibility index (Phi) is 7.82. The number of hydrogen-bond acceptors (Lipinski definition) is 5. The van der Waals surface area contributed by atoms with Gasteiger partial charge in [-0.15, -0.1) is 0 Å². The van der Waals surface area contributed by atoms with Gasteiger partial charge in [-0.1, -0.05) is 25.1 Å². The van der Waals surface area contributed by atoms with Gasteiger partial charge in [-0.05, 0) is 49.4 Å². The molecule has 7 nitrogen and oxygen atoms in total. The zero-order chi connectivity index (χ0) is 21.3. The predicted molar refractivity (Wildman–Crippen MR) is 120 cm³/mol. The Balaban J connectivity index is 1.45. The minimum atomic E-state index is -0.154. The van der Waals surface area contributed by atoms with Crippen molar-refractivity contribution in [2.24, 2.45) is 0 Å². The van der Waals surface area contributed by atoms with Crippen molar-refractivity contribution in [3.63, 3.8) is 0 Å². The number of nitrogens with zero attached hydrogens (tertiary/aromatic N) is 2. The van der Waals surface area contributed by atoms with Crippen LogP contribution in [0.2, 0.25) is 0 Å². The van der Waals surface area contributed by atoms with Gasteiger partial charge in [0.2, 0.25) is 11.8 Å². The minimum absolute atomic E-state index is 0.133. The second-order valence-corrected chi connectivity index (χ2v) is 7.43. The summed E-state index contributed by atoms with van der Waals surface area (Å²) >= 11 is 0. The van der Waals surface area contributed by atoms with Crippen molar-refractivity contribution in [1.82, 2.24) is 4.90 Å². The van der Waals surface area contributed by atoms with Crippen LogP contribution in [0.15, 0.2) is 48.5 Å². The van der Waals surface area contributed by atoms with Crippen molar-refractivity contribution in [3.05, 3.63) is 54.1 Å². The number of carbonyl (C=O) groups excluding carboxylic acids is 2. The Bertz CT molecular complexity index is 848. The van der Waals surface area contributed by atoms with Gasteiger partial charge in [0.15, 0.2) is 0 Å². The van der Waals surface area contributed by atoms with Crippen LogP contribution in [0.1, 0.15) is 12.5 Å². The standard InChI is InChI=1S/C23H30N4O3/c1-3-18-6-4-5-7-21(18)25-23(29)17-26(2)16-22(28)24-19-8-10-20(11-9-19)27-12-14-30-15-13-27/h4-11H,3,12-17H2,1-2H3,(H,24,28)(H,25,29). The fourth-order valence-corrected chi connectivity index (χ4v) is 3.46. The molecule has 1 fully saturated rings. The molecular weight excluding hydrogens is 380 g/mol. The third-order valence-electron chi connectivity index (χ3n) is 5.03. The highest BCUT2D eigenvalue weighted by Gasteiger charge is 2.13. The van der Waals surface area contributed by atoms with E-state index in [-0.39, 0.29) is 24.9 Å². The molecule has 0 unspecified atom stereocenters. The van der Waals surface area contributed by atoms with Crippen molar-refractivity contribution in [2.45, 2.75) is 13.3 Å². The van der Waals surface area contributed by atoms with Crippen LogP contribution in [0.4, 0.5) is 17.1 Å². The van der Waals surface area contributed by atoms with E-state index in [2.05, 4.69) is 22.5 Å². The molecule has 1 aliphatic rings. The van der Waals surface area contributed by atoms with Gasteiger partial charge in [-0.2, -0.15) is 0 Å². The number of benzene rings is 2. The van der Waals surface area contributed by atoms with Gasteiger partial charge < -0.3 is 20.3 Å². The smallest absolute Gasteiger partial charge is 0.238 e. The number of para-hydroxylation sites is 1. The van der Waals surface area contributed by atoms with Crippen LogP contribution in [0.3, 0.4) is 0 Å². The average Bonchev–Trinajstić information content (AvgIpc) is 2.75. The summed E-state index contributed by atoms with van der Waals surface area (Å²) in [5.41, 5.74) is 3.78. The lowest BCUT2D eigenvalue weighted by Gasteiger charge is -2.28. The maximum atomic E-state index is 12.3. The van der Waals surface area contributed by atoms with Crippen molar-refractivity contribution < 1.29 is 14.3 Å². The van der Waals surface area contributed by atoms with Gasteiger partial charge in [-0.3, -0.25) is 14.5 Å². The van der Waals surface area contributed by atoms with Crippen LogP contribution in [-0.2, 0) is 20.7 Å². The lowest BCUT2D eigenvalue weighted by molar-refractivity contribution is -0.119. The van der Waals surface area contributed by atoms with Crippen molar-refractivity contribution in [3.8, 4) is 0 Å². The summed E-state index contributed by atoms with van der Waals surface area (Å²) in [7, 11) is 1.76. The number of nitrogens with one attached hydrogen (secondary N) is 2. The Morgan fingerprint density at radius 2 is 1.60 bits per heavy atom. The summed E-state index contributed by atoms with van der Waals surface area (Å²) < 4.78 is 5.37. The summed E-state index contributed by atoms with van der Waals surface area (Å²) in [6, 6.07) is 15.6. The third-order valence-corrected chi connectivity index (χ3v) is 5.03. The molecule has 160 valence electrons. The Morgan fingerprint density at radius 3 is 2.27 bits per heavy atom. The number of anilines is 3. The number of carbonyl (C=O) groups is 2. The summed E-state index contributed by atoms with van der Waals surface area (Å²) in [6.45, 7) is 5.55. The zero-order valence-electron chi connectivity index (χ0n) is 17.7. The number of likely N-dealkylation sites (N-methyl/N-ethyl adjacent to an activating group) is 1. The first-order valence-corrected chi connectivity index (χ1v) is 10.3. The van der Waals surface area contributed by atoms with Crippen LogP contribution >= 0.6 is 0 Å². The molecule has 1 heterocycles. The van der Waals surface area contributed by atoms with Gasteiger partial charge in [0.1, 0.15) is 0 Å².